The van der Waals surface area contributed by atoms with Crippen molar-refractivity contribution < 1.29 is 9.90 Å². The molecule has 19 heavy (non-hydrogen) atoms. The van der Waals surface area contributed by atoms with Gasteiger partial charge in [-0.05, 0) is 49.6 Å². The summed E-state index contributed by atoms with van der Waals surface area (Å²) in [7, 11) is 0. The van der Waals surface area contributed by atoms with Crippen LogP contribution in [0.15, 0.2) is 35.9 Å². The first kappa shape index (κ1) is 13.5. The third-order valence-corrected chi connectivity index (χ3v) is 3.28. The first-order valence-corrected chi connectivity index (χ1v) is 6.64. The van der Waals surface area contributed by atoms with Crippen LogP contribution in [0.5, 0.6) is 0 Å². The molecule has 0 bridgehead atoms. The number of carboxylic acids is 1. The van der Waals surface area contributed by atoms with Crippen molar-refractivity contribution in [3.63, 3.8) is 0 Å². The summed E-state index contributed by atoms with van der Waals surface area (Å²) in [6.45, 7) is 4.65. The minimum atomic E-state index is -0.899. The van der Waals surface area contributed by atoms with Gasteiger partial charge in [-0.25, -0.2) is 4.79 Å². The Morgan fingerprint density at radius 1 is 1.32 bits per heavy atom. The molecule has 1 aromatic rings. The van der Waals surface area contributed by atoms with Crippen LogP contribution in [-0.2, 0) is 4.79 Å². The van der Waals surface area contributed by atoms with Crippen LogP contribution in [0.4, 0.5) is 11.4 Å². The Hall–Kier alpha value is -1.97. The van der Waals surface area contributed by atoms with Crippen LogP contribution < -0.4 is 10.2 Å². The van der Waals surface area contributed by atoms with E-state index in [1.54, 1.807) is 6.92 Å². The molecule has 0 aliphatic carbocycles. The summed E-state index contributed by atoms with van der Waals surface area (Å²) < 4.78 is 0. The van der Waals surface area contributed by atoms with E-state index in [4.69, 9.17) is 5.11 Å². The maximum atomic E-state index is 10.5. The van der Waals surface area contributed by atoms with Gasteiger partial charge in [-0.1, -0.05) is 0 Å². The quantitative estimate of drug-likeness (QED) is 0.799. The van der Waals surface area contributed by atoms with Gasteiger partial charge in [0.2, 0.25) is 0 Å². The second-order valence-corrected chi connectivity index (χ2v) is 4.92. The van der Waals surface area contributed by atoms with E-state index >= 15 is 0 Å². The summed E-state index contributed by atoms with van der Waals surface area (Å²) in [5.41, 5.74) is 3.08. The maximum Gasteiger partial charge on any atom is 0.328 e. The van der Waals surface area contributed by atoms with Gasteiger partial charge in [0.15, 0.2) is 0 Å². The zero-order valence-electron chi connectivity index (χ0n) is 11.2. The van der Waals surface area contributed by atoms with Crippen molar-refractivity contribution in [2.24, 2.45) is 0 Å². The number of nitrogens with one attached hydrogen (secondary N) is 1. The van der Waals surface area contributed by atoms with Gasteiger partial charge in [-0.15, -0.1) is 0 Å². The fourth-order valence-electron chi connectivity index (χ4n) is 2.27. The van der Waals surface area contributed by atoms with Crippen LogP contribution in [0.2, 0.25) is 0 Å². The molecule has 0 spiro atoms. The predicted molar refractivity (Wildman–Crippen MR) is 77.8 cm³/mol. The van der Waals surface area contributed by atoms with Gasteiger partial charge in [0, 0.05) is 37.1 Å². The summed E-state index contributed by atoms with van der Waals surface area (Å²) in [5, 5.41) is 11.8. The van der Waals surface area contributed by atoms with Gasteiger partial charge in [0.1, 0.15) is 0 Å². The molecule has 1 saturated heterocycles. The molecule has 102 valence electrons. The van der Waals surface area contributed by atoms with E-state index in [0.717, 1.165) is 24.4 Å². The zero-order valence-corrected chi connectivity index (χ0v) is 11.2. The van der Waals surface area contributed by atoms with E-state index in [9.17, 15) is 4.79 Å². The average molecular weight is 260 g/mol. The number of nitrogens with zero attached hydrogens (tertiary/aromatic N) is 1. The lowest BCUT2D eigenvalue weighted by molar-refractivity contribution is -0.131. The molecule has 0 unspecified atom stereocenters. The number of hydrogen-bond acceptors (Lipinski definition) is 3. The average Bonchev–Trinajstić information content (AvgIpc) is 2.90. The number of benzene rings is 1. The van der Waals surface area contributed by atoms with Gasteiger partial charge in [-0.3, -0.25) is 0 Å². The van der Waals surface area contributed by atoms with Gasteiger partial charge < -0.3 is 15.3 Å². The molecule has 0 atom stereocenters. The van der Waals surface area contributed by atoms with E-state index < -0.39 is 5.97 Å². The van der Waals surface area contributed by atoms with Gasteiger partial charge in [0.25, 0.3) is 0 Å². The van der Waals surface area contributed by atoms with Crippen LogP contribution in [-0.4, -0.2) is 30.7 Å². The molecular weight excluding hydrogens is 240 g/mol. The Bertz CT molecular complexity index is 460. The Morgan fingerprint density at radius 2 is 1.95 bits per heavy atom. The van der Waals surface area contributed by atoms with E-state index in [0.29, 0.717) is 6.54 Å². The third-order valence-electron chi connectivity index (χ3n) is 3.28. The maximum absolute atomic E-state index is 10.5. The fourth-order valence-corrected chi connectivity index (χ4v) is 2.27. The van der Waals surface area contributed by atoms with Crippen molar-refractivity contribution in [1.82, 2.24) is 0 Å². The standard InChI is InChI=1S/C15H20N2O2/c1-12(10-15(18)19)11-16-13-4-6-14(7-5-13)17-8-2-3-9-17/h4-7,10,16H,2-3,8-9,11H2,1H3,(H,18,19)/b12-10-. The molecule has 1 heterocycles. The SMILES string of the molecule is C/C(=C/C(=O)O)CNc1ccc(N2CCCC2)cc1. The minimum Gasteiger partial charge on any atom is -0.478 e. The molecule has 2 rings (SSSR count). The first-order chi connectivity index (χ1) is 9.15. The Morgan fingerprint density at radius 3 is 2.53 bits per heavy atom. The highest BCUT2D eigenvalue weighted by Crippen LogP contribution is 2.22. The van der Waals surface area contributed by atoms with Crippen molar-refractivity contribution in [2.75, 3.05) is 29.9 Å². The highest BCUT2D eigenvalue weighted by atomic mass is 16.4. The van der Waals surface area contributed by atoms with Gasteiger partial charge in [0.05, 0.1) is 0 Å². The van der Waals surface area contributed by atoms with Crippen molar-refractivity contribution >= 4 is 17.3 Å². The molecule has 1 aliphatic heterocycles. The smallest absolute Gasteiger partial charge is 0.328 e. The molecule has 4 nitrogen and oxygen atoms in total. The number of anilines is 2. The second-order valence-electron chi connectivity index (χ2n) is 4.92. The van der Waals surface area contributed by atoms with Crippen LogP contribution >= 0.6 is 0 Å². The third kappa shape index (κ3) is 4.02. The van der Waals surface area contributed by atoms with E-state index in [2.05, 4.69) is 22.3 Å². The monoisotopic (exact) mass is 260 g/mol. The molecule has 1 fully saturated rings. The topological polar surface area (TPSA) is 52.6 Å². The van der Waals surface area contributed by atoms with Crippen LogP contribution in [0.3, 0.4) is 0 Å². The van der Waals surface area contributed by atoms with E-state index in [1.165, 1.54) is 24.6 Å². The van der Waals surface area contributed by atoms with Gasteiger partial charge >= 0.3 is 5.97 Å². The number of aliphatic carboxylic acids is 1. The van der Waals surface area contributed by atoms with Crippen LogP contribution in [0.25, 0.3) is 0 Å². The molecule has 0 aromatic heterocycles. The number of carbonyl (C=O) groups is 1. The molecule has 0 amide bonds. The van der Waals surface area contributed by atoms with Crippen LogP contribution in [0.1, 0.15) is 19.8 Å². The summed E-state index contributed by atoms with van der Waals surface area (Å²) in [6, 6.07) is 8.32. The highest BCUT2D eigenvalue weighted by molar-refractivity contribution is 5.80. The van der Waals surface area contributed by atoms with Crippen molar-refractivity contribution in [3.05, 3.63) is 35.9 Å². The molecular formula is C15H20N2O2. The Kier molecular flexibility index (Phi) is 4.44. The molecule has 0 radical (unpaired) electrons. The molecule has 0 saturated carbocycles. The highest BCUT2D eigenvalue weighted by Gasteiger charge is 2.11. The van der Waals surface area contributed by atoms with Crippen molar-refractivity contribution in [1.29, 1.82) is 0 Å². The zero-order chi connectivity index (χ0) is 13.7. The lowest BCUT2D eigenvalue weighted by atomic mass is 10.2. The molecule has 4 heteroatoms. The van der Waals surface area contributed by atoms with Crippen LogP contribution in [0, 0.1) is 0 Å². The molecule has 1 aliphatic rings. The second kappa shape index (κ2) is 6.27. The van der Waals surface area contributed by atoms with Crippen molar-refractivity contribution in [3.8, 4) is 0 Å². The normalized spacial score (nSPS) is 15.6. The summed E-state index contributed by atoms with van der Waals surface area (Å²) >= 11 is 0. The number of carboxylic acid groups (broad SMARTS) is 1. The first-order valence-electron chi connectivity index (χ1n) is 6.64. The molecule has 1 aromatic carbocycles. The fraction of sp³-hybridized carbons (Fsp3) is 0.400. The minimum absolute atomic E-state index is 0.551. The summed E-state index contributed by atoms with van der Waals surface area (Å²) in [4.78, 5) is 12.9. The predicted octanol–water partition coefficient (Wildman–Crippen LogP) is 2.73. The Balaban J connectivity index is 1.90. The van der Waals surface area contributed by atoms with Gasteiger partial charge in [-0.2, -0.15) is 0 Å². The number of hydrogen-bond donors (Lipinski definition) is 2. The van der Waals surface area contributed by atoms with E-state index in [-0.39, 0.29) is 0 Å². The molecule has 2 N–H and O–H groups in total. The lowest BCUT2D eigenvalue weighted by Gasteiger charge is -2.18. The summed E-state index contributed by atoms with van der Waals surface area (Å²) in [6.07, 6.45) is 3.78. The lowest BCUT2D eigenvalue weighted by Crippen LogP contribution is -2.17. The van der Waals surface area contributed by atoms with E-state index in [1.807, 2.05) is 12.1 Å². The Labute approximate surface area is 113 Å². The number of rotatable bonds is 5. The largest absolute Gasteiger partial charge is 0.478 e. The summed E-state index contributed by atoms with van der Waals surface area (Å²) in [5.74, 6) is -0.899. The van der Waals surface area contributed by atoms with Crippen molar-refractivity contribution in [2.45, 2.75) is 19.8 Å².